The summed E-state index contributed by atoms with van der Waals surface area (Å²) >= 11 is 0. The Kier molecular flexibility index (Phi) is 7.48. The molecule has 0 atom stereocenters. The molecule has 0 saturated carbocycles. The Balaban J connectivity index is 2.35. The van der Waals surface area contributed by atoms with E-state index in [1.165, 1.54) is 20.0 Å². The van der Waals surface area contributed by atoms with Crippen molar-refractivity contribution in [2.75, 3.05) is 7.11 Å². The van der Waals surface area contributed by atoms with Gasteiger partial charge in [0.1, 0.15) is 5.78 Å². The molecule has 0 spiro atoms. The molecule has 0 aliphatic carbocycles. The van der Waals surface area contributed by atoms with Crippen molar-refractivity contribution in [3.63, 3.8) is 0 Å². The fraction of sp³-hybridized carbons (Fsp3) is 0.471. The molecule has 0 saturated heterocycles. The van der Waals surface area contributed by atoms with E-state index in [9.17, 15) is 9.90 Å². The van der Waals surface area contributed by atoms with Crippen LogP contribution in [0.2, 0.25) is 0 Å². The zero-order chi connectivity index (χ0) is 14.8. The number of hydrogen-bond donors (Lipinski definition) is 1. The van der Waals surface area contributed by atoms with E-state index in [1.54, 1.807) is 12.1 Å². The Morgan fingerprint density at radius 1 is 1.35 bits per heavy atom. The molecule has 0 amide bonds. The van der Waals surface area contributed by atoms with Gasteiger partial charge in [-0.1, -0.05) is 38.0 Å². The van der Waals surface area contributed by atoms with Gasteiger partial charge in [-0.2, -0.15) is 0 Å². The number of carbonyl (C=O) groups excluding carboxylic acids is 1. The minimum Gasteiger partial charge on any atom is -0.504 e. The number of benzene rings is 1. The maximum absolute atomic E-state index is 11.7. The lowest BCUT2D eigenvalue weighted by Crippen LogP contribution is -1.98. The Morgan fingerprint density at radius 2 is 2.15 bits per heavy atom. The van der Waals surface area contributed by atoms with Crippen LogP contribution in [-0.4, -0.2) is 18.0 Å². The van der Waals surface area contributed by atoms with Crippen molar-refractivity contribution in [1.82, 2.24) is 0 Å². The van der Waals surface area contributed by atoms with Crippen LogP contribution in [0.15, 0.2) is 30.4 Å². The summed E-state index contributed by atoms with van der Waals surface area (Å²) in [5, 5.41) is 9.50. The molecular formula is C17H24O3. The maximum atomic E-state index is 11.7. The molecule has 1 N–H and O–H groups in total. The van der Waals surface area contributed by atoms with E-state index in [4.69, 9.17) is 4.74 Å². The van der Waals surface area contributed by atoms with Gasteiger partial charge in [0.05, 0.1) is 7.11 Å². The number of rotatable bonds is 9. The van der Waals surface area contributed by atoms with Crippen molar-refractivity contribution in [3.05, 3.63) is 35.9 Å². The number of hydrogen-bond acceptors (Lipinski definition) is 3. The molecule has 0 aromatic heterocycles. The zero-order valence-corrected chi connectivity index (χ0v) is 12.4. The average molecular weight is 276 g/mol. The largest absolute Gasteiger partial charge is 0.504 e. The quantitative estimate of drug-likeness (QED) is 0.547. The Morgan fingerprint density at radius 3 is 2.85 bits per heavy atom. The summed E-state index contributed by atoms with van der Waals surface area (Å²) in [4.78, 5) is 11.7. The van der Waals surface area contributed by atoms with E-state index in [-0.39, 0.29) is 11.5 Å². The Labute approximate surface area is 121 Å². The van der Waals surface area contributed by atoms with Crippen LogP contribution in [0, 0.1) is 0 Å². The summed E-state index contributed by atoms with van der Waals surface area (Å²) in [6.07, 6.45) is 9.18. The van der Waals surface area contributed by atoms with Gasteiger partial charge in [0.2, 0.25) is 0 Å². The van der Waals surface area contributed by atoms with Crippen LogP contribution >= 0.6 is 0 Å². The van der Waals surface area contributed by atoms with Gasteiger partial charge in [0.25, 0.3) is 0 Å². The van der Waals surface area contributed by atoms with Crippen LogP contribution < -0.4 is 4.74 Å². The van der Waals surface area contributed by atoms with Crippen LogP contribution in [0.5, 0.6) is 11.5 Å². The van der Waals surface area contributed by atoms with E-state index < -0.39 is 0 Å². The van der Waals surface area contributed by atoms with Crippen LogP contribution in [0.25, 0.3) is 0 Å². The van der Waals surface area contributed by atoms with E-state index in [0.717, 1.165) is 12.0 Å². The standard InChI is InChI=1S/C17H24O3/c1-3-4-5-6-7-8-15(18)11-9-14-10-12-16(19)17(13-14)20-2/h6-7,10,12-13,19H,3-5,8-9,11H2,1-2H3. The third-order valence-corrected chi connectivity index (χ3v) is 3.17. The third kappa shape index (κ3) is 5.91. The van der Waals surface area contributed by atoms with Gasteiger partial charge in [-0.3, -0.25) is 4.79 Å². The molecule has 0 aliphatic rings. The molecule has 0 unspecified atom stereocenters. The highest BCUT2D eigenvalue weighted by Crippen LogP contribution is 2.26. The highest BCUT2D eigenvalue weighted by atomic mass is 16.5. The SMILES string of the molecule is CCCCC=CCC(=O)CCc1ccc(O)c(OC)c1. The summed E-state index contributed by atoms with van der Waals surface area (Å²) in [6, 6.07) is 5.20. The lowest BCUT2D eigenvalue weighted by molar-refractivity contribution is -0.118. The number of aryl methyl sites for hydroxylation is 1. The molecule has 20 heavy (non-hydrogen) atoms. The Hall–Kier alpha value is -1.77. The molecule has 3 heteroatoms. The molecule has 110 valence electrons. The summed E-state index contributed by atoms with van der Waals surface area (Å²) in [5.74, 6) is 0.820. The van der Waals surface area contributed by atoms with E-state index >= 15 is 0 Å². The molecule has 1 aromatic rings. The van der Waals surface area contributed by atoms with E-state index in [0.29, 0.717) is 25.0 Å². The summed E-state index contributed by atoms with van der Waals surface area (Å²) < 4.78 is 5.05. The number of phenolic OH excluding ortho intramolecular Hbond substituents is 1. The van der Waals surface area contributed by atoms with Crippen molar-refractivity contribution >= 4 is 5.78 Å². The highest BCUT2D eigenvalue weighted by Gasteiger charge is 2.05. The monoisotopic (exact) mass is 276 g/mol. The van der Waals surface area contributed by atoms with E-state index in [1.807, 2.05) is 12.1 Å². The van der Waals surface area contributed by atoms with Crippen LogP contribution in [0.1, 0.15) is 44.6 Å². The Bertz CT molecular complexity index is 450. The maximum Gasteiger partial charge on any atom is 0.160 e. The normalized spacial score (nSPS) is 10.9. The topological polar surface area (TPSA) is 46.5 Å². The van der Waals surface area contributed by atoms with Gasteiger partial charge in [-0.25, -0.2) is 0 Å². The van der Waals surface area contributed by atoms with Crippen molar-refractivity contribution < 1.29 is 14.6 Å². The van der Waals surface area contributed by atoms with Crippen molar-refractivity contribution in [3.8, 4) is 11.5 Å². The molecule has 0 bridgehead atoms. The number of phenols is 1. The van der Waals surface area contributed by atoms with Crippen molar-refractivity contribution in [2.45, 2.75) is 45.4 Å². The molecule has 1 rings (SSSR count). The first-order valence-corrected chi connectivity index (χ1v) is 7.20. The van der Waals surface area contributed by atoms with E-state index in [2.05, 4.69) is 13.0 Å². The summed E-state index contributed by atoms with van der Waals surface area (Å²) in [5.41, 5.74) is 1.00. The molecule has 0 heterocycles. The number of ether oxygens (including phenoxy) is 1. The minimum absolute atomic E-state index is 0.126. The van der Waals surface area contributed by atoms with Gasteiger partial charge in [0.15, 0.2) is 11.5 Å². The summed E-state index contributed by atoms with van der Waals surface area (Å²) in [6.45, 7) is 2.16. The first-order chi connectivity index (χ1) is 9.67. The first-order valence-electron chi connectivity index (χ1n) is 7.20. The van der Waals surface area contributed by atoms with Gasteiger partial charge >= 0.3 is 0 Å². The molecule has 0 fully saturated rings. The highest BCUT2D eigenvalue weighted by molar-refractivity contribution is 5.80. The fourth-order valence-corrected chi connectivity index (χ4v) is 1.92. The number of carbonyl (C=O) groups is 1. The third-order valence-electron chi connectivity index (χ3n) is 3.17. The minimum atomic E-state index is 0.126. The molecule has 0 radical (unpaired) electrons. The molecule has 0 aliphatic heterocycles. The van der Waals surface area contributed by atoms with Crippen LogP contribution in [-0.2, 0) is 11.2 Å². The number of methoxy groups -OCH3 is 1. The predicted octanol–water partition coefficient (Wildman–Crippen LogP) is 4.04. The number of aromatic hydroxyl groups is 1. The van der Waals surface area contributed by atoms with Crippen molar-refractivity contribution in [1.29, 1.82) is 0 Å². The second-order valence-electron chi connectivity index (χ2n) is 4.86. The fourth-order valence-electron chi connectivity index (χ4n) is 1.92. The second-order valence-corrected chi connectivity index (χ2v) is 4.86. The predicted molar refractivity (Wildman–Crippen MR) is 81.3 cm³/mol. The first kappa shape index (κ1) is 16.3. The van der Waals surface area contributed by atoms with Crippen LogP contribution in [0.4, 0.5) is 0 Å². The average Bonchev–Trinajstić information content (AvgIpc) is 2.46. The lowest BCUT2D eigenvalue weighted by Gasteiger charge is -2.06. The number of ketones is 1. The second kappa shape index (κ2) is 9.18. The van der Waals surface area contributed by atoms with Gasteiger partial charge in [-0.05, 0) is 30.5 Å². The molecule has 3 nitrogen and oxygen atoms in total. The summed E-state index contributed by atoms with van der Waals surface area (Å²) in [7, 11) is 1.52. The van der Waals surface area contributed by atoms with Crippen LogP contribution in [0.3, 0.4) is 0 Å². The van der Waals surface area contributed by atoms with Gasteiger partial charge < -0.3 is 9.84 Å². The lowest BCUT2D eigenvalue weighted by atomic mass is 10.1. The smallest absolute Gasteiger partial charge is 0.160 e. The van der Waals surface area contributed by atoms with Gasteiger partial charge in [-0.15, -0.1) is 0 Å². The zero-order valence-electron chi connectivity index (χ0n) is 12.4. The molecule has 1 aromatic carbocycles. The van der Waals surface area contributed by atoms with Gasteiger partial charge in [0, 0.05) is 12.8 Å². The van der Waals surface area contributed by atoms with Crippen molar-refractivity contribution in [2.24, 2.45) is 0 Å². The number of allylic oxidation sites excluding steroid dienone is 2. The molecular weight excluding hydrogens is 252 g/mol. The number of Topliss-reactive ketones (excluding diaryl/α,β-unsaturated/α-hetero) is 1. The number of unbranched alkanes of at least 4 members (excludes halogenated alkanes) is 2.